The highest BCUT2D eigenvalue weighted by atomic mass is 32.2. The minimum Gasteiger partial charge on any atom is -0.329 e. The fourth-order valence-electron chi connectivity index (χ4n) is 3.74. The monoisotopic (exact) mass is 360 g/mol. The van der Waals surface area contributed by atoms with Gasteiger partial charge in [0, 0.05) is 11.8 Å². The van der Waals surface area contributed by atoms with Gasteiger partial charge >= 0.3 is 0 Å². The molecule has 0 aromatic carbocycles. The van der Waals surface area contributed by atoms with Crippen molar-refractivity contribution in [3.8, 4) is 0 Å². The number of H-pyrrole nitrogens is 2. The van der Waals surface area contributed by atoms with Crippen molar-refractivity contribution in [3.05, 3.63) is 50.2 Å². The average Bonchev–Trinajstić information content (AvgIpc) is 2.83. The predicted octanol–water partition coefficient (Wildman–Crippen LogP) is 2.14. The Morgan fingerprint density at radius 3 is 2.64 bits per heavy atom. The van der Waals surface area contributed by atoms with E-state index in [1.165, 1.54) is 18.2 Å². The lowest BCUT2D eigenvalue weighted by Crippen LogP contribution is -2.21. The molecule has 0 spiro atoms. The Labute approximate surface area is 148 Å². The van der Waals surface area contributed by atoms with Gasteiger partial charge in [-0.15, -0.1) is 11.8 Å². The van der Waals surface area contributed by atoms with Gasteiger partial charge in [-0.05, 0) is 18.9 Å². The van der Waals surface area contributed by atoms with Gasteiger partial charge in [0.1, 0.15) is 5.82 Å². The fourth-order valence-corrected chi connectivity index (χ4v) is 4.88. The molecule has 1 aliphatic carbocycles. The Kier molecular flexibility index (Phi) is 4.29. The van der Waals surface area contributed by atoms with Crippen molar-refractivity contribution in [2.24, 2.45) is 0 Å². The molecule has 2 aromatic heterocycles. The van der Waals surface area contributed by atoms with Crippen LogP contribution in [-0.2, 0) is 4.79 Å². The van der Waals surface area contributed by atoms with Crippen molar-refractivity contribution in [2.75, 3.05) is 11.1 Å². The Bertz CT molecular complexity index is 907. The molecule has 25 heavy (non-hydrogen) atoms. The number of nitrogens with zero attached hydrogens (tertiary/aromatic N) is 1. The maximum absolute atomic E-state index is 12.7. The second-order valence-electron chi connectivity index (χ2n) is 6.56. The van der Waals surface area contributed by atoms with Crippen LogP contribution in [0.4, 0.5) is 5.82 Å². The number of pyridine rings is 1. The van der Waals surface area contributed by atoms with Crippen LogP contribution in [0, 0.1) is 0 Å². The maximum Gasteiger partial charge on any atom is 0.270 e. The van der Waals surface area contributed by atoms with E-state index in [-0.39, 0.29) is 28.8 Å². The van der Waals surface area contributed by atoms with Crippen LogP contribution in [0.3, 0.4) is 0 Å². The SMILES string of the molecule is O=C1CS[C@@H](c2ccc[nH]c2=O)c2c(n(C3CCCCC3)[nH]c2=O)N1. The van der Waals surface area contributed by atoms with E-state index in [2.05, 4.69) is 15.4 Å². The Hall–Kier alpha value is -2.22. The van der Waals surface area contributed by atoms with E-state index in [9.17, 15) is 14.4 Å². The summed E-state index contributed by atoms with van der Waals surface area (Å²) in [6.07, 6.45) is 6.96. The number of hydrogen-bond donors (Lipinski definition) is 3. The summed E-state index contributed by atoms with van der Waals surface area (Å²) in [5, 5.41) is 5.34. The normalized spacial score (nSPS) is 21.4. The van der Waals surface area contributed by atoms with Crippen molar-refractivity contribution < 1.29 is 4.79 Å². The highest BCUT2D eigenvalue weighted by Gasteiger charge is 2.33. The number of carbonyl (C=O) groups is 1. The topological polar surface area (TPSA) is 99.8 Å². The molecule has 1 aliphatic heterocycles. The number of thioether (sulfide) groups is 1. The number of anilines is 1. The summed E-state index contributed by atoms with van der Waals surface area (Å²) in [5.41, 5.74) is 0.504. The van der Waals surface area contributed by atoms with E-state index in [0.29, 0.717) is 16.9 Å². The summed E-state index contributed by atoms with van der Waals surface area (Å²) in [6.45, 7) is 0. The number of amides is 1. The first-order valence-electron chi connectivity index (χ1n) is 8.58. The van der Waals surface area contributed by atoms with Crippen molar-refractivity contribution in [1.29, 1.82) is 0 Å². The van der Waals surface area contributed by atoms with E-state index >= 15 is 0 Å². The molecule has 8 heteroatoms. The first-order valence-corrected chi connectivity index (χ1v) is 9.63. The van der Waals surface area contributed by atoms with Gasteiger partial charge in [-0.2, -0.15) is 0 Å². The summed E-state index contributed by atoms with van der Waals surface area (Å²) in [7, 11) is 0. The average molecular weight is 360 g/mol. The van der Waals surface area contributed by atoms with Gasteiger partial charge in [0.2, 0.25) is 5.91 Å². The number of aromatic nitrogens is 3. The van der Waals surface area contributed by atoms with E-state index in [0.717, 1.165) is 25.7 Å². The van der Waals surface area contributed by atoms with Gasteiger partial charge in [0.05, 0.1) is 22.6 Å². The zero-order valence-electron chi connectivity index (χ0n) is 13.7. The lowest BCUT2D eigenvalue weighted by atomic mass is 9.95. The molecule has 3 N–H and O–H groups in total. The molecule has 3 heterocycles. The third-order valence-electron chi connectivity index (χ3n) is 4.93. The smallest absolute Gasteiger partial charge is 0.270 e. The maximum atomic E-state index is 12.7. The standard InChI is InChI=1S/C17H20N4O3S/c22-12-9-25-14(11-7-4-8-18-16(11)23)13-15(19-12)21(20-17(13)24)10-5-2-1-3-6-10/h4,7-8,10,14H,1-3,5-6,9H2,(H,18,23)(H,19,22)(H,20,24)/t14-/m0/s1. The van der Waals surface area contributed by atoms with E-state index in [1.807, 2.05) is 4.68 Å². The zero-order chi connectivity index (χ0) is 17.4. The van der Waals surface area contributed by atoms with Crippen LogP contribution in [0.2, 0.25) is 0 Å². The first-order chi connectivity index (χ1) is 12.1. The molecule has 4 rings (SSSR count). The molecule has 132 valence electrons. The number of rotatable bonds is 2. The molecule has 0 radical (unpaired) electrons. The van der Waals surface area contributed by atoms with Gasteiger partial charge in [0.15, 0.2) is 0 Å². The molecular formula is C17H20N4O3S. The highest BCUT2D eigenvalue weighted by molar-refractivity contribution is 8.00. The van der Waals surface area contributed by atoms with Crippen molar-refractivity contribution in [2.45, 2.75) is 43.4 Å². The summed E-state index contributed by atoms with van der Waals surface area (Å²) in [5.74, 6) is 0.586. The molecule has 2 aromatic rings. The number of nitrogens with one attached hydrogen (secondary N) is 3. The van der Waals surface area contributed by atoms with Crippen LogP contribution in [-0.4, -0.2) is 26.4 Å². The van der Waals surface area contributed by atoms with Crippen molar-refractivity contribution >= 4 is 23.5 Å². The molecule has 0 saturated heterocycles. The Morgan fingerprint density at radius 1 is 1.08 bits per heavy atom. The molecular weight excluding hydrogens is 340 g/mol. The number of fused-ring (bicyclic) bond motifs is 1. The minimum absolute atomic E-state index is 0.148. The van der Waals surface area contributed by atoms with Gasteiger partial charge in [-0.3, -0.25) is 24.2 Å². The third-order valence-corrected chi connectivity index (χ3v) is 6.19. The molecule has 0 unspecified atom stereocenters. The van der Waals surface area contributed by atoms with E-state index in [1.54, 1.807) is 18.3 Å². The fraction of sp³-hybridized carbons (Fsp3) is 0.471. The predicted molar refractivity (Wildman–Crippen MR) is 97.2 cm³/mol. The lowest BCUT2D eigenvalue weighted by Gasteiger charge is -2.24. The molecule has 1 atom stereocenters. The van der Waals surface area contributed by atoms with Gasteiger partial charge < -0.3 is 10.3 Å². The van der Waals surface area contributed by atoms with Crippen molar-refractivity contribution in [1.82, 2.24) is 14.8 Å². The quantitative estimate of drug-likeness (QED) is 0.764. The number of hydrogen-bond acceptors (Lipinski definition) is 4. The van der Waals surface area contributed by atoms with Crippen LogP contribution in [0.15, 0.2) is 27.9 Å². The summed E-state index contributed by atoms with van der Waals surface area (Å²) < 4.78 is 1.82. The minimum atomic E-state index is -0.465. The Balaban J connectivity index is 1.86. The molecule has 1 fully saturated rings. The highest BCUT2D eigenvalue weighted by Crippen LogP contribution is 2.40. The molecule has 1 amide bonds. The van der Waals surface area contributed by atoms with E-state index in [4.69, 9.17) is 0 Å². The molecule has 7 nitrogen and oxygen atoms in total. The van der Waals surface area contributed by atoms with Gasteiger partial charge in [0.25, 0.3) is 11.1 Å². The summed E-state index contributed by atoms with van der Waals surface area (Å²) in [6, 6.07) is 3.64. The zero-order valence-corrected chi connectivity index (χ0v) is 14.5. The summed E-state index contributed by atoms with van der Waals surface area (Å²) in [4.78, 5) is 39.8. The third kappa shape index (κ3) is 2.95. The largest absolute Gasteiger partial charge is 0.329 e. The van der Waals surface area contributed by atoms with Crippen LogP contribution in [0.1, 0.15) is 54.5 Å². The molecule has 0 bridgehead atoms. The van der Waals surface area contributed by atoms with Crippen LogP contribution >= 0.6 is 11.8 Å². The second-order valence-corrected chi connectivity index (χ2v) is 7.65. The Morgan fingerprint density at radius 2 is 1.88 bits per heavy atom. The van der Waals surface area contributed by atoms with Crippen LogP contribution in [0.5, 0.6) is 0 Å². The summed E-state index contributed by atoms with van der Waals surface area (Å²) >= 11 is 1.31. The number of aromatic amines is 2. The molecule has 2 aliphatic rings. The van der Waals surface area contributed by atoms with Gasteiger partial charge in [-0.25, -0.2) is 0 Å². The number of carbonyl (C=O) groups excluding carboxylic acids is 1. The molecule has 1 saturated carbocycles. The van der Waals surface area contributed by atoms with E-state index < -0.39 is 5.25 Å². The first kappa shape index (κ1) is 16.3. The lowest BCUT2D eigenvalue weighted by molar-refractivity contribution is -0.113. The van der Waals surface area contributed by atoms with Crippen LogP contribution in [0.25, 0.3) is 0 Å². The van der Waals surface area contributed by atoms with Crippen LogP contribution < -0.4 is 16.4 Å². The van der Waals surface area contributed by atoms with Crippen molar-refractivity contribution in [3.63, 3.8) is 0 Å². The van der Waals surface area contributed by atoms with Gasteiger partial charge in [-0.1, -0.05) is 25.3 Å². The second kappa shape index (κ2) is 6.59.